The van der Waals surface area contributed by atoms with E-state index in [1.165, 1.54) is 17.4 Å². The maximum Gasteiger partial charge on any atom is 0.219 e. The Morgan fingerprint density at radius 3 is 2.91 bits per heavy atom. The lowest BCUT2D eigenvalue weighted by molar-refractivity contribution is -0.130. The summed E-state index contributed by atoms with van der Waals surface area (Å²) < 4.78 is 27.4. The lowest BCUT2D eigenvalue weighted by Crippen LogP contribution is -2.37. The van der Waals surface area contributed by atoms with Crippen LogP contribution in [0.5, 0.6) is 0 Å². The summed E-state index contributed by atoms with van der Waals surface area (Å²) >= 11 is 1.51. The van der Waals surface area contributed by atoms with E-state index >= 15 is 0 Å². The SMILES string of the molecule is CC(=O)N1CCC[C@@H](c2nc(-c3cc(F)ccc3F)c(C)s2)C1. The molecular weight excluding hydrogens is 318 g/mol. The van der Waals surface area contributed by atoms with Crippen molar-refractivity contribution in [3.05, 3.63) is 39.7 Å². The molecule has 1 atom stereocenters. The Kier molecular flexibility index (Phi) is 4.43. The van der Waals surface area contributed by atoms with Gasteiger partial charge in [-0.25, -0.2) is 13.8 Å². The smallest absolute Gasteiger partial charge is 0.219 e. The highest BCUT2D eigenvalue weighted by molar-refractivity contribution is 7.12. The van der Waals surface area contributed by atoms with Crippen LogP contribution in [-0.2, 0) is 4.79 Å². The number of likely N-dealkylation sites (tertiary alicyclic amines) is 1. The number of nitrogens with zero attached hydrogens (tertiary/aromatic N) is 2. The minimum Gasteiger partial charge on any atom is -0.342 e. The van der Waals surface area contributed by atoms with E-state index in [2.05, 4.69) is 4.98 Å². The fourth-order valence-corrected chi connectivity index (χ4v) is 4.05. The molecule has 1 saturated heterocycles. The Morgan fingerprint density at radius 2 is 2.17 bits per heavy atom. The highest BCUT2D eigenvalue weighted by atomic mass is 32.1. The van der Waals surface area contributed by atoms with E-state index < -0.39 is 11.6 Å². The average molecular weight is 336 g/mol. The number of hydrogen-bond donors (Lipinski definition) is 0. The zero-order valence-corrected chi connectivity index (χ0v) is 13.9. The van der Waals surface area contributed by atoms with Crippen molar-refractivity contribution in [2.24, 2.45) is 0 Å². The minimum atomic E-state index is -0.476. The number of carbonyl (C=O) groups excluding carboxylic acids is 1. The van der Waals surface area contributed by atoms with Crippen molar-refractivity contribution in [2.75, 3.05) is 13.1 Å². The van der Waals surface area contributed by atoms with Crippen LogP contribution in [0.15, 0.2) is 18.2 Å². The summed E-state index contributed by atoms with van der Waals surface area (Å²) in [5.74, 6) is -0.711. The predicted molar refractivity (Wildman–Crippen MR) is 86.4 cm³/mol. The molecule has 1 aliphatic heterocycles. The van der Waals surface area contributed by atoms with Gasteiger partial charge in [-0.1, -0.05) is 0 Å². The van der Waals surface area contributed by atoms with E-state index in [1.807, 2.05) is 11.8 Å². The fourth-order valence-electron chi connectivity index (χ4n) is 2.99. The van der Waals surface area contributed by atoms with Crippen LogP contribution in [-0.4, -0.2) is 28.9 Å². The zero-order chi connectivity index (χ0) is 16.6. The van der Waals surface area contributed by atoms with Crippen LogP contribution in [0.3, 0.4) is 0 Å². The third kappa shape index (κ3) is 3.27. The van der Waals surface area contributed by atoms with E-state index in [1.54, 1.807) is 6.92 Å². The van der Waals surface area contributed by atoms with Gasteiger partial charge in [0.15, 0.2) is 0 Å². The van der Waals surface area contributed by atoms with Gasteiger partial charge in [0.2, 0.25) is 5.91 Å². The summed E-state index contributed by atoms with van der Waals surface area (Å²) in [5, 5.41) is 0.895. The van der Waals surface area contributed by atoms with Crippen molar-refractivity contribution in [2.45, 2.75) is 32.6 Å². The molecule has 2 aromatic rings. The molecule has 2 heterocycles. The molecular formula is C17H18F2N2OS. The Labute approximate surface area is 138 Å². The summed E-state index contributed by atoms with van der Waals surface area (Å²) in [6, 6.07) is 3.42. The molecule has 1 aromatic heterocycles. The second kappa shape index (κ2) is 6.35. The highest BCUT2D eigenvalue weighted by Crippen LogP contribution is 2.36. The standard InChI is InChI=1S/C17H18F2N2OS/c1-10-16(14-8-13(18)5-6-15(14)19)20-17(23-10)12-4-3-7-21(9-12)11(2)22/h5-6,8,12H,3-4,7,9H2,1-2H3/t12-/m1/s1. The Morgan fingerprint density at radius 1 is 1.39 bits per heavy atom. The second-order valence-corrected chi connectivity index (χ2v) is 7.12. The molecule has 3 rings (SSSR count). The molecule has 1 aliphatic rings. The van der Waals surface area contributed by atoms with Gasteiger partial charge < -0.3 is 4.90 Å². The van der Waals surface area contributed by atoms with E-state index in [0.717, 1.165) is 41.4 Å². The number of benzene rings is 1. The maximum absolute atomic E-state index is 14.0. The molecule has 3 nitrogen and oxygen atoms in total. The number of aromatic nitrogens is 1. The Balaban J connectivity index is 1.92. The zero-order valence-electron chi connectivity index (χ0n) is 13.1. The first-order valence-electron chi connectivity index (χ1n) is 7.64. The molecule has 122 valence electrons. The third-order valence-electron chi connectivity index (χ3n) is 4.21. The summed E-state index contributed by atoms with van der Waals surface area (Å²) in [4.78, 5) is 18.8. The van der Waals surface area contributed by atoms with Crippen molar-refractivity contribution in [1.29, 1.82) is 0 Å². The van der Waals surface area contributed by atoms with Crippen molar-refractivity contribution < 1.29 is 13.6 Å². The number of amides is 1. The van der Waals surface area contributed by atoms with Crippen molar-refractivity contribution in [1.82, 2.24) is 9.88 Å². The fraction of sp³-hybridized carbons (Fsp3) is 0.412. The molecule has 0 aliphatic carbocycles. The third-order valence-corrected chi connectivity index (χ3v) is 5.35. The van der Waals surface area contributed by atoms with Gasteiger partial charge >= 0.3 is 0 Å². The number of halogens is 2. The molecule has 1 fully saturated rings. The summed E-state index contributed by atoms with van der Waals surface area (Å²) in [6.07, 6.45) is 1.90. The maximum atomic E-state index is 14.0. The molecule has 1 amide bonds. The molecule has 0 saturated carbocycles. The normalized spacial score (nSPS) is 18.3. The molecule has 0 radical (unpaired) electrons. The van der Waals surface area contributed by atoms with E-state index in [0.29, 0.717) is 12.2 Å². The van der Waals surface area contributed by atoms with Crippen LogP contribution >= 0.6 is 11.3 Å². The molecule has 0 bridgehead atoms. The van der Waals surface area contributed by atoms with Crippen LogP contribution in [0.25, 0.3) is 11.3 Å². The number of thiazole rings is 1. The van der Waals surface area contributed by atoms with Crippen LogP contribution in [0.4, 0.5) is 8.78 Å². The number of hydrogen-bond acceptors (Lipinski definition) is 3. The van der Waals surface area contributed by atoms with Gasteiger partial charge in [0.1, 0.15) is 11.6 Å². The highest BCUT2D eigenvalue weighted by Gasteiger charge is 2.26. The Hall–Kier alpha value is -1.82. The monoisotopic (exact) mass is 336 g/mol. The quantitative estimate of drug-likeness (QED) is 0.826. The van der Waals surface area contributed by atoms with E-state index in [4.69, 9.17) is 0 Å². The first-order chi connectivity index (χ1) is 11.0. The second-order valence-electron chi connectivity index (χ2n) is 5.89. The molecule has 6 heteroatoms. The van der Waals surface area contributed by atoms with E-state index in [9.17, 15) is 13.6 Å². The minimum absolute atomic E-state index is 0.0689. The lowest BCUT2D eigenvalue weighted by atomic mass is 9.98. The molecule has 0 spiro atoms. The summed E-state index contributed by atoms with van der Waals surface area (Å²) in [7, 11) is 0. The molecule has 0 N–H and O–H groups in total. The number of piperidine rings is 1. The van der Waals surface area contributed by atoms with Gasteiger partial charge in [-0.15, -0.1) is 11.3 Å². The Bertz CT molecular complexity index is 744. The largest absolute Gasteiger partial charge is 0.342 e. The van der Waals surface area contributed by atoms with Gasteiger partial charge in [-0.05, 0) is 38.0 Å². The van der Waals surface area contributed by atoms with Gasteiger partial charge in [-0.3, -0.25) is 4.79 Å². The number of rotatable bonds is 2. The summed E-state index contributed by atoms with van der Waals surface area (Å²) in [5.41, 5.74) is 0.700. The molecule has 0 unspecified atom stereocenters. The van der Waals surface area contributed by atoms with Gasteiger partial charge in [0.25, 0.3) is 0 Å². The van der Waals surface area contributed by atoms with Crippen LogP contribution in [0, 0.1) is 18.6 Å². The topological polar surface area (TPSA) is 33.2 Å². The molecule has 1 aromatic carbocycles. The van der Waals surface area contributed by atoms with Gasteiger partial charge in [0.05, 0.1) is 10.7 Å². The van der Waals surface area contributed by atoms with Crippen LogP contribution < -0.4 is 0 Å². The van der Waals surface area contributed by atoms with Crippen LogP contribution in [0.2, 0.25) is 0 Å². The number of carbonyl (C=O) groups is 1. The van der Waals surface area contributed by atoms with Crippen molar-refractivity contribution in [3.8, 4) is 11.3 Å². The van der Waals surface area contributed by atoms with Crippen molar-refractivity contribution in [3.63, 3.8) is 0 Å². The van der Waals surface area contributed by atoms with Gasteiger partial charge in [-0.2, -0.15) is 0 Å². The van der Waals surface area contributed by atoms with Gasteiger partial charge in [0, 0.05) is 36.4 Å². The van der Waals surface area contributed by atoms with Crippen molar-refractivity contribution >= 4 is 17.2 Å². The lowest BCUT2D eigenvalue weighted by Gasteiger charge is -2.30. The first-order valence-corrected chi connectivity index (χ1v) is 8.45. The van der Waals surface area contributed by atoms with E-state index in [-0.39, 0.29) is 17.4 Å². The average Bonchev–Trinajstić information content (AvgIpc) is 2.91. The first kappa shape index (κ1) is 16.1. The molecule has 23 heavy (non-hydrogen) atoms. The predicted octanol–water partition coefficient (Wildman–Crippen LogP) is 4.12. The number of aryl methyl sites for hydroxylation is 1. The summed E-state index contributed by atoms with van der Waals surface area (Å²) in [6.45, 7) is 4.87. The van der Waals surface area contributed by atoms with Crippen LogP contribution in [0.1, 0.15) is 35.6 Å².